The fourth-order valence-electron chi connectivity index (χ4n) is 5.15. The lowest BCUT2D eigenvalue weighted by atomic mass is 9.69. The van der Waals surface area contributed by atoms with Gasteiger partial charge in [-0.05, 0) is 57.1 Å². The summed E-state index contributed by atoms with van der Waals surface area (Å²) >= 11 is 0. The molecule has 1 aromatic rings. The van der Waals surface area contributed by atoms with Gasteiger partial charge in [0.05, 0.1) is 23.6 Å². The zero-order chi connectivity index (χ0) is 24.5. The number of carbonyl (C=O) groups is 1. The van der Waals surface area contributed by atoms with Crippen LogP contribution >= 0.6 is 0 Å². The zero-order valence-electron chi connectivity index (χ0n) is 22.0. The van der Waals surface area contributed by atoms with Gasteiger partial charge in [0.1, 0.15) is 5.75 Å². The number of nitriles is 1. The van der Waals surface area contributed by atoms with Crippen molar-refractivity contribution < 1.29 is 9.53 Å². The lowest BCUT2D eigenvalue weighted by Crippen LogP contribution is -2.31. The van der Waals surface area contributed by atoms with Crippen LogP contribution in [0, 0.1) is 22.7 Å². The van der Waals surface area contributed by atoms with Gasteiger partial charge in [0.2, 0.25) is 0 Å². The number of rotatable bonds is 17. The van der Waals surface area contributed by atoms with E-state index in [9.17, 15) is 10.1 Å². The van der Waals surface area contributed by atoms with Gasteiger partial charge in [0.25, 0.3) is 0 Å². The first-order chi connectivity index (χ1) is 16.6. The van der Waals surface area contributed by atoms with Crippen molar-refractivity contribution in [3.8, 4) is 11.8 Å². The van der Waals surface area contributed by atoms with Crippen LogP contribution < -0.4 is 4.74 Å². The molecule has 4 nitrogen and oxygen atoms in total. The number of nitrogens with zero attached hydrogens (tertiary/aromatic N) is 2. The molecule has 0 saturated heterocycles. The Kier molecular flexibility index (Phi) is 13.9. The summed E-state index contributed by atoms with van der Waals surface area (Å²) < 4.78 is 5.64. The van der Waals surface area contributed by atoms with Crippen molar-refractivity contribution in [2.75, 3.05) is 0 Å². The Bertz CT molecular complexity index is 714. The van der Waals surface area contributed by atoms with Crippen LogP contribution in [0.3, 0.4) is 0 Å². The van der Waals surface area contributed by atoms with Crippen molar-refractivity contribution in [2.45, 2.75) is 136 Å². The number of esters is 1. The van der Waals surface area contributed by atoms with Gasteiger partial charge in [-0.1, -0.05) is 90.9 Å². The second-order valence-corrected chi connectivity index (χ2v) is 10.5. The fraction of sp³-hybridized carbons (Fsp3) is 0.767. The van der Waals surface area contributed by atoms with E-state index in [0.717, 1.165) is 50.6 Å². The minimum Gasteiger partial charge on any atom is -0.425 e. The van der Waals surface area contributed by atoms with E-state index < -0.39 is 0 Å². The van der Waals surface area contributed by atoms with Crippen molar-refractivity contribution in [3.63, 3.8) is 0 Å². The Morgan fingerprint density at radius 1 is 0.941 bits per heavy atom. The second-order valence-electron chi connectivity index (χ2n) is 10.5. The van der Waals surface area contributed by atoms with Crippen LogP contribution in [0.2, 0.25) is 0 Å². The van der Waals surface area contributed by atoms with Crippen LogP contribution in [0.5, 0.6) is 5.75 Å². The minimum absolute atomic E-state index is 0.0985. The molecule has 0 spiro atoms. The molecule has 1 saturated carbocycles. The topological polar surface area (TPSA) is 63.0 Å². The predicted molar refractivity (Wildman–Crippen MR) is 140 cm³/mol. The van der Waals surface area contributed by atoms with Crippen molar-refractivity contribution in [1.29, 1.82) is 5.26 Å². The Morgan fingerprint density at radius 3 is 2.09 bits per heavy atom. The SMILES string of the molecule is CCCCCCCCCCc1ccc(OC(=O)[C@H]2CC[C@@](C#N)(CCCCCCC)CC2)cn1. The van der Waals surface area contributed by atoms with Gasteiger partial charge >= 0.3 is 5.97 Å². The number of aromatic nitrogens is 1. The van der Waals surface area contributed by atoms with Gasteiger partial charge in [0, 0.05) is 5.69 Å². The maximum absolute atomic E-state index is 12.7. The Hall–Kier alpha value is -1.89. The number of unbranched alkanes of at least 4 members (excludes halogenated alkanes) is 11. The summed E-state index contributed by atoms with van der Waals surface area (Å²) in [6.45, 7) is 4.48. The summed E-state index contributed by atoms with van der Waals surface area (Å²) in [6.07, 6.45) is 23.4. The number of hydrogen-bond donors (Lipinski definition) is 0. The van der Waals surface area contributed by atoms with Gasteiger partial charge in [-0.25, -0.2) is 0 Å². The van der Waals surface area contributed by atoms with Crippen LogP contribution in [-0.4, -0.2) is 11.0 Å². The first-order valence-electron chi connectivity index (χ1n) is 14.2. The van der Waals surface area contributed by atoms with Crippen molar-refractivity contribution >= 4 is 5.97 Å². The molecule has 0 bridgehead atoms. The highest BCUT2D eigenvalue weighted by Gasteiger charge is 2.37. The van der Waals surface area contributed by atoms with E-state index in [1.807, 2.05) is 12.1 Å². The summed E-state index contributed by atoms with van der Waals surface area (Å²) in [7, 11) is 0. The molecule has 1 aliphatic carbocycles. The van der Waals surface area contributed by atoms with E-state index in [2.05, 4.69) is 24.9 Å². The molecular formula is C30H48N2O2. The molecule has 1 aromatic heterocycles. The Morgan fingerprint density at radius 2 is 1.53 bits per heavy atom. The number of carbonyl (C=O) groups excluding carboxylic acids is 1. The molecule has 34 heavy (non-hydrogen) atoms. The molecule has 1 heterocycles. The maximum atomic E-state index is 12.7. The van der Waals surface area contributed by atoms with Crippen LogP contribution in [0.15, 0.2) is 18.3 Å². The number of pyridine rings is 1. The van der Waals surface area contributed by atoms with Gasteiger partial charge < -0.3 is 4.74 Å². The summed E-state index contributed by atoms with van der Waals surface area (Å²) in [5, 5.41) is 9.79. The first-order valence-corrected chi connectivity index (χ1v) is 14.2. The second kappa shape index (κ2) is 16.7. The van der Waals surface area contributed by atoms with Crippen LogP contribution in [-0.2, 0) is 11.2 Å². The maximum Gasteiger partial charge on any atom is 0.314 e. The normalized spacial score (nSPS) is 20.1. The quantitative estimate of drug-likeness (QED) is 0.169. The van der Waals surface area contributed by atoms with Gasteiger partial charge in [0.15, 0.2) is 0 Å². The molecule has 190 valence electrons. The fourth-order valence-corrected chi connectivity index (χ4v) is 5.15. The predicted octanol–water partition coefficient (Wildman–Crippen LogP) is 8.73. The lowest BCUT2D eigenvalue weighted by Gasteiger charge is -2.34. The third kappa shape index (κ3) is 10.6. The minimum atomic E-state index is -0.234. The number of aryl methyl sites for hydroxylation is 1. The molecule has 1 fully saturated rings. The smallest absolute Gasteiger partial charge is 0.314 e. The molecule has 0 amide bonds. The highest BCUT2D eigenvalue weighted by Crippen LogP contribution is 2.42. The molecule has 1 aliphatic rings. The van der Waals surface area contributed by atoms with Crippen LogP contribution in [0.1, 0.15) is 135 Å². The molecule has 0 N–H and O–H groups in total. The lowest BCUT2D eigenvalue weighted by molar-refractivity contribution is -0.140. The molecule has 0 aliphatic heterocycles. The Balaban J connectivity index is 1.65. The number of hydrogen-bond acceptors (Lipinski definition) is 4. The van der Waals surface area contributed by atoms with Crippen molar-refractivity contribution in [3.05, 3.63) is 24.0 Å². The van der Waals surface area contributed by atoms with E-state index in [-0.39, 0.29) is 17.3 Å². The molecule has 0 radical (unpaired) electrons. The number of ether oxygens (including phenoxy) is 1. The largest absolute Gasteiger partial charge is 0.425 e. The summed E-state index contributed by atoms with van der Waals surface area (Å²) in [6, 6.07) is 6.47. The molecule has 4 heteroatoms. The van der Waals surface area contributed by atoms with Crippen LogP contribution in [0.25, 0.3) is 0 Å². The van der Waals surface area contributed by atoms with E-state index in [0.29, 0.717) is 5.75 Å². The van der Waals surface area contributed by atoms with E-state index in [1.54, 1.807) is 6.20 Å². The average Bonchev–Trinajstić information content (AvgIpc) is 2.87. The zero-order valence-corrected chi connectivity index (χ0v) is 22.0. The summed E-state index contributed by atoms with van der Waals surface area (Å²) in [5.41, 5.74) is 0.836. The van der Waals surface area contributed by atoms with E-state index in [4.69, 9.17) is 4.74 Å². The summed E-state index contributed by atoms with van der Waals surface area (Å²) in [5.74, 6) is 0.281. The molecule has 2 rings (SSSR count). The van der Waals surface area contributed by atoms with E-state index >= 15 is 0 Å². The highest BCUT2D eigenvalue weighted by molar-refractivity contribution is 5.75. The Labute approximate surface area is 208 Å². The summed E-state index contributed by atoms with van der Waals surface area (Å²) in [4.78, 5) is 17.2. The van der Waals surface area contributed by atoms with Crippen molar-refractivity contribution in [1.82, 2.24) is 4.98 Å². The molecule has 0 atom stereocenters. The average molecular weight is 469 g/mol. The van der Waals surface area contributed by atoms with Gasteiger partial charge in [-0.15, -0.1) is 0 Å². The first kappa shape index (κ1) is 28.3. The van der Waals surface area contributed by atoms with Gasteiger partial charge in [-0.2, -0.15) is 5.26 Å². The third-order valence-corrected chi connectivity index (χ3v) is 7.57. The monoisotopic (exact) mass is 468 g/mol. The third-order valence-electron chi connectivity index (χ3n) is 7.57. The van der Waals surface area contributed by atoms with E-state index in [1.165, 1.54) is 77.0 Å². The molecule has 0 unspecified atom stereocenters. The molecule has 0 aromatic carbocycles. The standard InChI is InChI=1S/C30H48N2O2/c1-3-5-7-9-10-11-12-14-16-27-17-18-28(24-32-27)34-29(33)26-19-22-30(25-31,23-20-26)21-15-13-8-6-4-2/h17-18,24,26H,3-16,19-23H2,1-2H3/t26-,30-. The van der Waals surface area contributed by atoms with Gasteiger partial charge in [-0.3, -0.25) is 9.78 Å². The van der Waals surface area contributed by atoms with Crippen molar-refractivity contribution in [2.24, 2.45) is 11.3 Å². The van der Waals surface area contributed by atoms with Crippen LogP contribution in [0.4, 0.5) is 0 Å². The molecular weight excluding hydrogens is 420 g/mol. The highest BCUT2D eigenvalue weighted by atomic mass is 16.5.